The van der Waals surface area contributed by atoms with Crippen LogP contribution in [-0.4, -0.2) is 18.5 Å². The smallest absolute Gasteiger partial charge is 0.234 e. The molecular weight excluding hydrogens is 200 g/mol. The molecule has 1 fully saturated rings. The summed E-state index contributed by atoms with van der Waals surface area (Å²) in [5, 5.41) is 0. The fourth-order valence-electron chi connectivity index (χ4n) is 2.09. The topological polar surface area (TPSA) is 46.3 Å². The minimum atomic E-state index is -0.464. The molecule has 0 aliphatic carbocycles. The predicted octanol–water partition coefficient (Wildman–Crippen LogP) is 1.78. The van der Waals surface area contributed by atoms with Gasteiger partial charge in [0.2, 0.25) is 5.91 Å². The molecule has 1 unspecified atom stereocenters. The van der Waals surface area contributed by atoms with Gasteiger partial charge in [-0.05, 0) is 32.4 Å². The quantitative estimate of drug-likeness (QED) is 0.781. The molecule has 1 aliphatic heterocycles. The van der Waals surface area contributed by atoms with Crippen molar-refractivity contribution in [3.8, 4) is 0 Å². The first kappa shape index (κ1) is 11.1. The molecule has 2 rings (SSSR count). The first-order chi connectivity index (χ1) is 7.53. The number of hydrogen-bond acceptors (Lipinski definition) is 2. The number of rotatable bonds is 1. The molecule has 1 amide bonds. The predicted molar refractivity (Wildman–Crippen MR) is 65.2 cm³/mol. The Balaban J connectivity index is 2.29. The standard InChI is InChI=1S/C13H18N2O/c1-13(2)11(14)8-9-15(12(13)16)10-6-4-3-5-7-10/h3-7,11H,8-9,14H2,1-2H3. The molecule has 0 bridgehead atoms. The maximum atomic E-state index is 12.3. The van der Waals surface area contributed by atoms with Crippen molar-refractivity contribution >= 4 is 11.6 Å². The monoisotopic (exact) mass is 218 g/mol. The lowest BCUT2D eigenvalue weighted by Crippen LogP contribution is -2.56. The Morgan fingerprint density at radius 3 is 2.56 bits per heavy atom. The molecule has 0 radical (unpaired) electrons. The van der Waals surface area contributed by atoms with Crippen molar-refractivity contribution in [2.45, 2.75) is 26.3 Å². The number of carbonyl (C=O) groups is 1. The van der Waals surface area contributed by atoms with Crippen LogP contribution in [0.4, 0.5) is 5.69 Å². The number of para-hydroxylation sites is 1. The van der Waals surface area contributed by atoms with Crippen LogP contribution in [0, 0.1) is 5.41 Å². The van der Waals surface area contributed by atoms with E-state index in [-0.39, 0.29) is 11.9 Å². The fourth-order valence-corrected chi connectivity index (χ4v) is 2.09. The second kappa shape index (κ2) is 3.91. The van der Waals surface area contributed by atoms with Crippen LogP contribution in [0.15, 0.2) is 30.3 Å². The maximum absolute atomic E-state index is 12.3. The fraction of sp³-hybridized carbons (Fsp3) is 0.462. The summed E-state index contributed by atoms with van der Waals surface area (Å²) in [6.45, 7) is 4.57. The molecule has 1 aliphatic rings. The van der Waals surface area contributed by atoms with Crippen LogP contribution in [0.25, 0.3) is 0 Å². The van der Waals surface area contributed by atoms with Gasteiger partial charge in [-0.1, -0.05) is 18.2 Å². The van der Waals surface area contributed by atoms with Crippen LogP contribution in [0.1, 0.15) is 20.3 Å². The van der Waals surface area contributed by atoms with E-state index in [0.29, 0.717) is 6.54 Å². The maximum Gasteiger partial charge on any atom is 0.234 e. The van der Waals surface area contributed by atoms with Gasteiger partial charge in [-0.3, -0.25) is 4.79 Å². The van der Waals surface area contributed by atoms with Gasteiger partial charge < -0.3 is 10.6 Å². The van der Waals surface area contributed by atoms with E-state index in [1.165, 1.54) is 0 Å². The summed E-state index contributed by atoms with van der Waals surface area (Å²) < 4.78 is 0. The van der Waals surface area contributed by atoms with Crippen molar-refractivity contribution in [1.82, 2.24) is 0 Å². The van der Waals surface area contributed by atoms with E-state index in [0.717, 1.165) is 12.1 Å². The summed E-state index contributed by atoms with van der Waals surface area (Å²) in [7, 11) is 0. The van der Waals surface area contributed by atoms with E-state index < -0.39 is 5.41 Å². The molecule has 0 spiro atoms. The summed E-state index contributed by atoms with van der Waals surface area (Å²) in [6.07, 6.45) is 0.855. The zero-order chi connectivity index (χ0) is 11.8. The third-order valence-electron chi connectivity index (χ3n) is 3.45. The molecule has 16 heavy (non-hydrogen) atoms. The largest absolute Gasteiger partial charge is 0.327 e. The summed E-state index contributed by atoms with van der Waals surface area (Å²) >= 11 is 0. The van der Waals surface area contributed by atoms with Crippen LogP contribution >= 0.6 is 0 Å². The van der Waals surface area contributed by atoms with Crippen molar-refractivity contribution in [2.75, 3.05) is 11.4 Å². The average molecular weight is 218 g/mol. The highest BCUT2D eigenvalue weighted by Gasteiger charge is 2.41. The van der Waals surface area contributed by atoms with Gasteiger partial charge in [0.1, 0.15) is 0 Å². The summed E-state index contributed by atoms with van der Waals surface area (Å²) in [4.78, 5) is 14.1. The minimum absolute atomic E-state index is 0.0417. The third kappa shape index (κ3) is 1.71. The van der Waals surface area contributed by atoms with E-state index in [1.807, 2.05) is 49.1 Å². The Hall–Kier alpha value is -1.35. The molecule has 0 aromatic heterocycles. The number of piperidine rings is 1. The van der Waals surface area contributed by atoms with Gasteiger partial charge in [-0.2, -0.15) is 0 Å². The molecule has 1 aromatic carbocycles. The molecule has 0 saturated carbocycles. The molecule has 1 aromatic rings. The zero-order valence-corrected chi connectivity index (χ0v) is 9.81. The summed E-state index contributed by atoms with van der Waals surface area (Å²) in [5.41, 5.74) is 6.50. The van der Waals surface area contributed by atoms with Crippen LogP contribution in [0.2, 0.25) is 0 Å². The Morgan fingerprint density at radius 1 is 1.31 bits per heavy atom. The van der Waals surface area contributed by atoms with Crippen LogP contribution in [0.3, 0.4) is 0 Å². The average Bonchev–Trinajstić information content (AvgIpc) is 2.28. The molecular formula is C13H18N2O. The van der Waals surface area contributed by atoms with Crippen molar-refractivity contribution in [3.63, 3.8) is 0 Å². The van der Waals surface area contributed by atoms with Gasteiger partial charge in [-0.15, -0.1) is 0 Å². The van der Waals surface area contributed by atoms with Gasteiger partial charge in [-0.25, -0.2) is 0 Å². The minimum Gasteiger partial charge on any atom is -0.327 e. The normalized spacial score (nSPS) is 24.6. The van der Waals surface area contributed by atoms with Crippen molar-refractivity contribution in [3.05, 3.63) is 30.3 Å². The number of anilines is 1. The lowest BCUT2D eigenvalue weighted by Gasteiger charge is -2.41. The highest BCUT2D eigenvalue weighted by Crippen LogP contribution is 2.32. The molecule has 1 saturated heterocycles. The second-order valence-corrected chi connectivity index (χ2v) is 4.91. The SMILES string of the molecule is CC1(C)C(=O)N(c2ccccc2)CCC1N. The first-order valence-electron chi connectivity index (χ1n) is 5.66. The van der Waals surface area contributed by atoms with E-state index in [2.05, 4.69) is 0 Å². The first-order valence-corrected chi connectivity index (χ1v) is 5.66. The van der Waals surface area contributed by atoms with E-state index in [4.69, 9.17) is 5.73 Å². The lowest BCUT2D eigenvalue weighted by atomic mass is 9.78. The van der Waals surface area contributed by atoms with Gasteiger partial charge >= 0.3 is 0 Å². The molecule has 3 heteroatoms. The van der Waals surface area contributed by atoms with E-state index in [9.17, 15) is 4.79 Å². The number of nitrogens with two attached hydrogens (primary N) is 1. The molecule has 3 nitrogen and oxygen atoms in total. The Kier molecular flexibility index (Phi) is 2.72. The Bertz CT molecular complexity index is 386. The van der Waals surface area contributed by atoms with Gasteiger partial charge in [0.25, 0.3) is 0 Å². The Labute approximate surface area is 96.2 Å². The Morgan fingerprint density at radius 2 is 1.94 bits per heavy atom. The lowest BCUT2D eigenvalue weighted by molar-refractivity contribution is -0.129. The van der Waals surface area contributed by atoms with Gasteiger partial charge in [0.05, 0.1) is 5.41 Å². The van der Waals surface area contributed by atoms with E-state index >= 15 is 0 Å². The molecule has 86 valence electrons. The van der Waals surface area contributed by atoms with Crippen LogP contribution in [-0.2, 0) is 4.79 Å². The number of hydrogen-bond donors (Lipinski definition) is 1. The number of carbonyl (C=O) groups excluding carboxylic acids is 1. The van der Waals surface area contributed by atoms with Crippen molar-refractivity contribution in [2.24, 2.45) is 11.1 Å². The van der Waals surface area contributed by atoms with Gasteiger partial charge in [0, 0.05) is 18.3 Å². The third-order valence-corrected chi connectivity index (χ3v) is 3.45. The van der Waals surface area contributed by atoms with Crippen LogP contribution < -0.4 is 10.6 Å². The summed E-state index contributed by atoms with van der Waals surface area (Å²) in [6, 6.07) is 9.73. The molecule has 1 heterocycles. The molecule has 2 N–H and O–H groups in total. The summed E-state index contributed by atoms with van der Waals surface area (Å²) in [5.74, 6) is 0.123. The second-order valence-electron chi connectivity index (χ2n) is 4.91. The highest BCUT2D eigenvalue weighted by molar-refractivity contribution is 5.98. The van der Waals surface area contributed by atoms with Gasteiger partial charge in [0.15, 0.2) is 0 Å². The number of benzene rings is 1. The van der Waals surface area contributed by atoms with E-state index in [1.54, 1.807) is 0 Å². The van der Waals surface area contributed by atoms with Crippen molar-refractivity contribution in [1.29, 1.82) is 0 Å². The zero-order valence-electron chi connectivity index (χ0n) is 9.81. The number of amides is 1. The number of nitrogens with zero attached hydrogens (tertiary/aromatic N) is 1. The molecule has 1 atom stereocenters. The van der Waals surface area contributed by atoms with Crippen LogP contribution in [0.5, 0.6) is 0 Å². The van der Waals surface area contributed by atoms with Crippen molar-refractivity contribution < 1.29 is 4.79 Å². The highest BCUT2D eigenvalue weighted by atomic mass is 16.2.